The van der Waals surface area contributed by atoms with Crippen LogP contribution in [0.5, 0.6) is 0 Å². The van der Waals surface area contributed by atoms with Crippen LogP contribution in [-0.2, 0) is 0 Å². The van der Waals surface area contributed by atoms with Crippen LogP contribution < -0.4 is 0 Å². The van der Waals surface area contributed by atoms with Gasteiger partial charge in [-0.05, 0) is 0 Å². The second-order valence-electron chi connectivity index (χ2n) is 0.258. The third kappa shape index (κ3) is 38.4. The molecule has 0 spiro atoms. The summed E-state index contributed by atoms with van der Waals surface area (Å²) in [4.78, 5) is 0. The summed E-state index contributed by atoms with van der Waals surface area (Å²) in [6.45, 7) is 0. The summed E-state index contributed by atoms with van der Waals surface area (Å²) in [5, 5.41) is 0. The molecule has 64 valence electrons. The van der Waals surface area contributed by atoms with Gasteiger partial charge in [-0.25, -0.2) is 0 Å². The van der Waals surface area contributed by atoms with Gasteiger partial charge in [0.05, 0.1) is 0 Å². The molecule has 0 amide bonds. The Labute approximate surface area is 116 Å². The SMILES string of the molecule is [I][Ho]([I])[I].[I][Ho]([I])[I]. The maximum absolute atomic E-state index is 2.46. The molecule has 0 saturated heterocycles. The Morgan fingerprint density at radius 3 is 0.500 bits per heavy atom. The molecule has 0 bridgehead atoms. The first-order valence-electron chi connectivity index (χ1n) is 0.684. The molecule has 0 unspecified atom stereocenters. The zero-order chi connectivity index (χ0) is 7.15. The summed E-state index contributed by atoms with van der Waals surface area (Å²) < 4.78 is 0. The van der Waals surface area contributed by atoms with E-state index in [1.54, 1.807) is 0 Å². The Morgan fingerprint density at radius 2 is 0.500 bits per heavy atom. The summed E-state index contributed by atoms with van der Waals surface area (Å²) in [5.41, 5.74) is 0. The first-order chi connectivity index (χ1) is 3.46. The van der Waals surface area contributed by atoms with Gasteiger partial charge in [0.2, 0.25) is 0 Å². The molecule has 0 rings (SSSR count). The van der Waals surface area contributed by atoms with Crippen LogP contribution in [-0.4, -0.2) is 0 Å². The van der Waals surface area contributed by atoms with E-state index in [0.29, 0.717) is 0 Å². The van der Waals surface area contributed by atoms with Gasteiger partial charge in [-0.3, -0.25) is 0 Å². The summed E-state index contributed by atoms with van der Waals surface area (Å²) in [7, 11) is 0. The van der Waals surface area contributed by atoms with Crippen molar-refractivity contribution in [1.29, 1.82) is 0 Å². The van der Waals surface area contributed by atoms with E-state index in [0.717, 1.165) is 0 Å². The minimum absolute atomic E-state index is 0.294. The Bertz CT molecular complexity index is 22.0. The topological polar surface area (TPSA) is 0 Å². The summed E-state index contributed by atoms with van der Waals surface area (Å²) in [6.07, 6.45) is 0. The van der Waals surface area contributed by atoms with Crippen molar-refractivity contribution < 1.29 is 32.6 Å². The van der Waals surface area contributed by atoms with E-state index in [9.17, 15) is 0 Å². The van der Waals surface area contributed by atoms with Crippen LogP contribution in [0.4, 0.5) is 0 Å². The molecule has 0 aromatic carbocycles. The number of halogens is 6. The van der Waals surface area contributed by atoms with Crippen molar-refractivity contribution in [3.63, 3.8) is 0 Å². The Balaban J connectivity index is 0. The standard InChI is InChI=1S/2Ho.6HI/h;;6*1H/q2*+3;;;;;;/p-6. The average Bonchev–Trinajstić information content (AvgIpc) is 1.25. The molecule has 0 heterocycles. The van der Waals surface area contributed by atoms with E-state index in [4.69, 9.17) is 0 Å². The van der Waals surface area contributed by atoms with Crippen molar-refractivity contribution in [2.24, 2.45) is 0 Å². The fourth-order valence-electron chi connectivity index (χ4n) is 0. The van der Waals surface area contributed by atoms with E-state index in [1.807, 2.05) is 0 Å². The van der Waals surface area contributed by atoms with Gasteiger partial charge in [-0.15, -0.1) is 0 Å². The second-order valence-corrected chi connectivity index (χ2v) is 86.2. The number of rotatable bonds is 0. The van der Waals surface area contributed by atoms with Crippen LogP contribution in [0, 0.1) is 32.6 Å². The maximum atomic E-state index is 2.46. The Kier molecular flexibility index (Phi) is 30.1. The van der Waals surface area contributed by atoms with E-state index in [1.165, 1.54) is 0 Å². The van der Waals surface area contributed by atoms with Crippen LogP contribution in [0.3, 0.4) is 0 Å². The van der Waals surface area contributed by atoms with Crippen molar-refractivity contribution in [2.75, 3.05) is 0 Å². The molecule has 8 heavy (non-hydrogen) atoms. The predicted octanol–water partition coefficient (Wildman–Crippen LogP) is 5.31. The molecule has 0 aliphatic heterocycles. The predicted molar refractivity (Wildman–Crippen MR) is 84.1 cm³/mol. The molecular weight excluding hydrogens is 1090 g/mol. The van der Waals surface area contributed by atoms with Gasteiger partial charge in [0.25, 0.3) is 0 Å². The van der Waals surface area contributed by atoms with Crippen molar-refractivity contribution in [3.8, 4) is 0 Å². The van der Waals surface area contributed by atoms with Crippen molar-refractivity contribution >= 4 is 90.0 Å². The fourth-order valence-corrected chi connectivity index (χ4v) is 0. The second kappa shape index (κ2) is 13.9. The van der Waals surface area contributed by atoms with Crippen LogP contribution in [0.15, 0.2) is 0 Å². The van der Waals surface area contributed by atoms with Gasteiger partial charge in [0.1, 0.15) is 0 Å². The molecule has 0 radical (unpaired) electrons. The van der Waals surface area contributed by atoms with Crippen LogP contribution in [0.1, 0.15) is 0 Å². The minimum atomic E-state index is -0.294. The van der Waals surface area contributed by atoms with Gasteiger partial charge in [0, 0.05) is 0 Å². The van der Waals surface area contributed by atoms with E-state index >= 15 is 0 Å². The van der Waals surface area contributed by atoms with Crippen LogP contribution in [0.2, 0.25) is 0 Å². The molecule has 0 aromatic rings. The van der Waals surface area contributed by atoms with Crippen molar-refractivity contribution in [2.45, 2.75) is 0 Å². The molecule has 0 nitrogen and oxygen atoms in total. The zero-order valence-corrected chi connectivity index (χ0v) is 19.7. The third-order valence-corrected chi connectivity index (χ3v) is 0. The molecule has 0 aliphatic carbocycles. The summed E-state index contributed by atoms with van der Waals surface area (Å²) in [5.74, 6) is 0. The van der Waals surface area contributed by atoms with E-state index in [-0.39, 0.29) is 32.6 Å². The Hall–Kier alpha value is 6.90. The van der Waals surface area contributed by atoms with Gasteiger partial charge in [0.15, 0.2) is 0 Å². The van der Waals surface area contributed by atoms with Crippen molar-refractivity contribution in [3.05, 3.63) is 0 Å². The molecule has 8 heteroatoms. The molecule has 0 aliphatic rings. The molecule has 0 saturated carbocycles. The molecular formula is Ho2I6. The molecule has 0 N–H and O–H groups in total. The first-order valence-corrected chi connectivity index (χ1v) is 34.0. The summed E-state index contributed by atoms with van der Waals surface area (Å²) >= 11 is 14.2. The van der Waals surface area contributed by atoms with Crippen LogP contribution in [0.25, 0.3) is 0 Å². The molecule has 0 aromatic heterocycles. The molecule has 0 fully saturated rings. The van der Waals surface area contributed by atoms with Gasteiger partial charge in [-0.1, -0.05) is 0 Å². The average molecular weight is 1090 g/mol. The normalized spacial score (nSPS) is 11.2. The zero-order valence-electron chi connectivity index (χ0n) is 2.87. The fraction of sp³-hybridized carbons (Fsp3) is 0. The van der Waals surface area contributed by atoms with E-state index in [2.05, 4.69) is 90.0 Å². The van der Waals surface area contributed by atoms with Crippen LogP contribution >= 0.6 is 90.0 Å². The van der Waals surface area contributed by atoms with Gasteiger partial charge < -0.3 is 0 Å². The monoisotopic (exact) mass is 1090 g/mol. The van der Waals surface area contributed by atoms with E-state index < -0.39 is 0 Å². The number of hydrogen-bond acceptors (Lipinski definition) is 0. The Morgan fingerprint density at radius 1 is 0.500 bits per heavy atom. The van der Waals surface area contributed by atoms with Gasteiger partial charge >= 0.3 is 123 Å². The first kappa shape index (κ1) is 17.3. The third-order valence-electron chi connectivity index (χ3n) is 0. The number of hydrogen-bond donors (Lipinski definition) is 0. The molecule has 0 atom stereocenters. The summed E-state index contributed by atoms with van der Waals surface area (Å²) in [6, 6.07) is 0. The van der Waals surface area contributed by atoms with Gasteiger partial charge in [-0.2, -0.15) is 0 Å². The van der Waals surface area contributed by atoms with Crippen molar-refractivity contribution in [1.82, 2.24) is 0 Å². The quantitative estimate of drug-likeness (QED) is 0.228.